The molecule has 2 aliphatic rings. The SMILES string of the molecule is CN(C)c1ccc(N2C(=NC(=O)COc3ccc(Cl)cc3)S[C@H]3CS(=O)(=O)C[C@@H]32)cc1. The molecule has 0 aliphatic carbocycles. The van der Waals surface area contributed by atoms with Crippen molar-refractivity contribution in [3.05, 3.63) is 53.6 Å². The summed E-state index contributed by atoms with van der Waals surface area (Å²) in [6, 6.07) is 14.2. The predicted molar refractivity (Wildman–Crippen MR) is 126 cm³/mol. The summed E-state index contributed by atoms with van der Waals surface area (Å²) in [5, 5.41) is 0.938. The third kappa shape index (κ3) is 4.99. The van der Waals surface area contributed by atoms with Crippen molar-refractivity contribution in [2.75, 3.05) is 42.0 Å². The molecule has 164 valence electrons. The van der Waals surface area contributed by atoms with Crippen LogP contribution in [0.15, 0.2) is 53.5 Å². The van der Waals surface area contributed by atoms with E-state index in [4.69, 9.17) is 16.3 Å². The molecule has 0 bridgehead atoms. The smallest absolute Gasteiger partial charge is 0.285 e. The molecule has 7 nitrogen and oxygen atoms in total. The molecule has 2 saturated heterocycles. The molecule has 0 aromatic heterocycles. The Bertz CT molecular complexity index is 1100. The molecular weight excluding hydrogens is 458 g/mol. The van der Waals surface area contributed by atoms with Crippen LogP contribution in [0.25, 0.3) is 0 Å². The molecular formula is C21H22ClN3O4S2. The minimum atomic E-state index is -3.12. The van der Waals surface area contributed by atoms with Crippen molar-refractivity contribution in [3.63, 3.8) is 0 Å². The first-order chi connectivity index (χ1) is 14.7. The zero-order valence-corrected chi connectivity index (χ0v) is 19.5. The van der Waals surface area contributed by atoms with Gasteiger partial charge in [0.2, 0.25) is 0 Å². The highest BCUT2D eigenvalue weighted by atomic mass is 35.5. The summed E-state index contributed by atoms with van der Waals surface area (Å²) in [7, 11) is 0.786. The maximum absolute atomic E-state index is 12.5. The number of sulfone groups is 1. The molecule has 0 radical (unpaired) electrons. The molecule has 2 aliphatic heterocycles. The Morgan fingerprint density at radius 3 is 2.48 bits per heavy atom. The number of fused-ring (bicyclic) bond motifs is 1. The van der Waals surface area contributed by atoms with Crippen molar-refractivity contribution in [1.82, 2.24) is 0 Å². The third-order valence-electron chi connectivity index (χ3n) is 5.11. The van der Waals surface area contributed by atoms with E-state index in [2.05, 4.69) is 4.99 Å². The van der Waals surface area contributed by atoms with E-state index >= 15 is 0 Å². The molecule has 2 fully saturated rings. The second-order valence-electron chi connectivity index (χ2n) is 7.61. The van der Waals surface area contributed by atoms with Gasteiger partial charge in [-0.05, 0) is 48.5 Å². The van der Waals surface area contributed by atoms with Gasteiger partial charge in [0.25, 0.3) is 5.91 Å². The van der Waals surface area contributed by atoms with Crippen molar-refractivity contribution < 1.29 is 17.9 Å². The van der Waals surface area contributed by atoms with Gasteiger partial charge in [-0.25, -0.2) is 8.42 Å². The Labute approximate surface area is 191 Å². The number of carbonyl (C=O) groups is 1. The summed E-state index contributed by atoms with van der Waals surface area (Å²) in [4.78, 5) is 20.6. The lowest BCUT2D eigenvalue weighted by atomic mass is 10.2. The maximum Gasteiger partial charge on any atom is 0.285 e. The van der Waals surface area contributed by atoms with Crippen LogP contribution in [0.1, 0.15) is 0 Å². The lowest BCUT2D eigenvalue weighted by Gasteiger charge is -2.25. The van der Waals surface area contributed by atoms with Gasteiger partial charge < -0.3 is 14.5 Å². The summed E-state index contributed by atoms with van der Waals surface area (Å²) in [6.07, 6.45) is 0. The number of nitrogens with zero attached hydrogens (tertiary/aromatic N) is 3. The minimum absolute atomic E-state index is 0.0502. The Kier molecular flexibility index (Phi) is 6.18. The summed E-state index contributed by atoms with van der Waals surface area (Å²) >= 11 is 7.20. The highest BCUT2D eigenvalue weighted by Gasteiger charge is 2.49. The molecule has 1 amide bonds. The van der Waals surface area contributed by atoms with E-state index in [0.29, 0.717) is 15.9 Å². The van der Waals surface area contributed by atoms with Gasteiger partial charge in [-0.3, -0.25) is 4.79 Å². The van der Waals surface area contributed by atoms with Crippen molar-refractivity contribution in [3.8, 4) is 5.75 Å². The second kappa shape index (κ2) is 8.72. The molecule has 2 aromatic carbocycles. The number of hydrogen-bond acceptors (Lipinski definition) is 6. The molecule has 2 heterocycles. The number of ether oxygens (including phenoxy) is 1. The maximum atomic E-state index is 12.5. The highest BCUT2D eigenvalue weighted by Crippen LogP contribution is 2.41. The van der Waals surface area contributed by atoms with E-state index in [9.17, 15) is 13.2 Å². The van der Waals surface area contributed by atoms with Crippen LogP contribution in [0.3, 0.4) is 0 Å². The van der Waals surface area contributed by atoms with E-state index in [0.717, 1.165) is 11.4 Å². The number of amidine groups is 1. The van der Waals surface area contributed by atoms with Crippen molar-refractivity contribution in [2.45, 2.75) is 11.3 Å². The Morgan fingerprint density at radius 2 is 1.84 bits per heavy atom. The lowest BCUT2D eigenvalue weighted by Crippen LogP contribution is -2.37. The van der Waals surface area contributed by atoms with E-state index in [1.165, 1.54) is 11.8 Å². The van der Waals surface area contributed by atoms with Crippen LogP contribution < -0.4 is 14.5 Å². The van der Waals surface area contributed by atoms with E-state index in [1.807, 2.05) is 48.2 Å². The molecule has 0 spiro atoms. The van der Waals surface area contributed by atoms with Crippen molar-refractivity contribution >= 4 is 55.6 Å². The quantitative estimate of drug-likeness (QED) is 0.652. The fraction of sp³-hybridized carbons (Fsp3) is 0.333. The third-order valence-corrected chi connectivity index (χ3v) is 8.57. The van der Waals surface area contributed by atoms with Gasteiger partial charge in [0.1, 0.15) is 5.75 Å². The average Bonchev–Trinajstić information content (AvgIpc) is 3.18. The average molecular weight is 480 g/mol. The van der Waals surface area contributed by atoms with Gasteiger partial charge in [0.15, 0.2) is 21.6 Å². The molecule has 0 N–H and O–H groups in total. The number of rotatable bonds is 5. The van der Waals surface area contributed by atoms with Crippen LogP contribution in [-0.2, 0) is 14.6 Å². The first-order valence-corrected chi connectivity index (χ1v) is 12.7. The van der Waals surface area contributed by atoms with E-state index in [-0.39, 0.29) is 29.4 Å². The van der Waals surface area contributed by atoms with E-state index < -0.39 is 15.7 Å². The highest BCUT2D eigenvalue weighted by molar-refractivity contribution is 8.16. The Morgan fingerprint density at radius 1 is 1.16 bits per heavy atom. The zero-order chi connectivity index (χ0) is 22.2. The van der Waals surface area contributed by atoms with E-state index in [1.54, 1.807) is 24.3 Å². The largest absolute Gasteiger partial charge is 0.484 e. The molecule has 0 unspecified atom stereocenters. The fourth-order valence-electron chi connectivity index (χ4n) is 3.59. The van der Waals surface area contributed by atoms with Gasteiger partial charge in [0, 0.05) is 35.7 Å². The van der Waals surface area contributed by atoms with Crippen LogP contribution in [0, 0.1) is 0 Å². The van der Waals surface area contributed by atoms with Crippen LogP contribution in [0.5, 0.6) is 5.75 Å². The standard InChI is InChI=1S/C21H22ClN3O4S2/c1-24(2)15-5-7-16(8-6-15)25-18-12-31(27,28)13-19(18)30-21(25)23-20(26)11-29-17-9-3-14(22)4-10-17/h3-10,18-19H,11-13H2,1-2H3/t18-,19-/m0/s1. The number of amides is 1. The monoisotopic (exact) mass is 479 g/mol. The van der Waals surface area contributed by atoms with Gasteiger partial charge in [-0.15, -0.1) is 0 Å². The van der Waals surface area contributed by atoms with Crippen LogP contribution in [0.2, 0.25) is 5.02 Å². The second-order valence-corrected chi connectivity index (χ2v) is 11.4. The van der Waals surface area contributed by atoms with Gasteiger partial charge in [-0.1, -0.05) is 23.4 Å². The van der Waals surface area contributed by atoms with Crippen LogP contribution in [0.4, 0.5) is 11.4 Å². The first kappa shape index (κ1) is 22.0. The zero-order valence-electron chi connectivity index (χ0n) is 17.1. The van der Waals surface area contributed by atoms with Crippen LogP contribution >= 0.6 is 23.4 Å². The van der Waals surface area contributed by atoms with Gasteiger partial charge in [0.05, 0.1) is 17.5 Å². The predicted octanol–water partition coefficient (Wildman–Crippen LogP) is 3.09. The normalized spacial score (nSPS) is 23.1. The number of halogens is 1. The minimum Gasteiger partial charge on any atom is -0.484 e. The number of hydrogen-bond donors (Lipinski definition) is 0. The summed E-state index contributed by atoms with van der Waals surface area (Å²) in [6.45, 7) is -0.216. The van der Waals surface area contributed by atoms with Gasteiger partial charge >= 0.3 is 0 Å². The molecule has 31 heavy (non-hydrogen) atoms. The van der Waals surface area contributed by atoms with Gasteiger partial charge in [-0.2, -0.15) is 4.99 Å². The number of aliphatic imine (C=N–C) groups is 1. The summed E-state index contributed by atoms with van der Waals surface area (Å²) in [5.41, 5.74) is 1.84. The Balaban J connectivity index is 1.55. The molecule has 2 aromatic rings. The molecule has 0 saturated carbocycles. The molecule has 2 atom stereocenters. The number of benzene rings is 2. The first-order valence-electron chi connectivity index (χ1n) is 9.65. The van der Waals surface area contributed by atoms with Crippen LogP contribution in [-0.4, -0.2) is 63.0 Å². The topological polar surface area (TPSA) is 79.3 Å². The van der Waals surface area contributed by atoms with Crippen molar-refractivity contribution in [2.24, 2.45) is 4.99 Å². The summed E-state index contributed by atoms with van der Waals surface area (Å²) in [5.74, 6) is 0.226. The molecule has 10 heteroatoms. The lowest BCUT2D eigenvalue weighted by molar-refractivity contribution is -0.119. The number of anilines is 2. The number of thioether (sulfide) groups is 1. The van der Waals surface area contributed by atoms with Crippen molar-refractivity contribution in [1.29, 1.82) is 0 Å². The summed E-state index contributed by atoms with van der Waals surface area (Å²) < 4.78 is 29.9. The molecule has 4 rings (SSSR count). The number of carbonyl (C=O) groups excluding carboxylic acids is 1. The fourth-order valence-corrected chi connectivity index (χ4v) is 7.65. The Hall–Kier alpha value is -2.23.